The van der Waals surface area contributed by atoms with Gasteiger partial charge in [0, 0.05) is 12.8 Å². The minimum Gasteiger partial charge on any atom is -0.465 e. The lowest BCUT2D eigenvalue weighted by atomic mass is 9.96. The molecule has 0 aromatic heterocycles. The Hall–Kier alpha value is -2.01. The van der Waals surface area contributed by atoms with Crippen molar-refractivity contribution in [3.8, 4) is 0 Å². The number of Topliss-reactive ketones (excluding diaryl/α,β-unsaturated/α-hetero) is 2. The average Bonchev–Trinajstić information content (AvgIpc) is 2.51. The van der Waals surface area contributed by atoms with Crippen molar-refractivity contribution in [2.45, 2.75) is 46.3 Å². The molecule has 0 N–H and O–H groups in total. The van der Waals surface area contributed by atoms with Crippen LogP contribution in [0.4, 0.5) is 0 Å². The van der Waals surface area contributed by atoms with Gasteiger partial charge in [0.15, 0.2) is 0 Å². The fourth-order valence-electron chi connectivity index (χ4n) is 2.14. The van der Waals surface area contributed by atoms with Crippen LogP contribution >= 0.6 is 0 Å². The van der Waals surface area contributed by atoms with Gasteiger partial charge in [-0.25, -0.2) is 0 Å². The third kappa shape index (κ3) is 7.19. The number of ether oxygens (including phenoxy) is 2. The van der Waals surface area contributed by atoms with Crippen LogP contribution in [0.5, 0.6) is 0 Å². The van der Waals surface area contributed by atoms with Gasteiger partial charge < -0.3 is 9.47 Å². The van der Waals surface area contributed by atoms with E-state index in [0.29, 0.717) is 6.61 Å². The lowest BCUT2D eigenvalue weighted by molar-refractivity contribution is -0.153. The summed E-state index contributed by atoms with van der Waals surface area (Å²) in [7, 11) is 0. The molecule has 0 spiro atoms. The smallest absolute Gasteiger partial charge is 0.316 e. The van der Waals surface area contributed by atoms with Gasteiger partial charge in [0.1, 0.15) is 17.5 Å². The first-order chi connectivity index (χ1) is 10.9. The maximum atomic E-state index is 12.0. The van der Waals surface area contributed by atoms with Gasteiger partial charge in [0.05, 0.1) is 19.3 Å². The summed E-state index contributed by atoms with van der Waals surface area (Å²) in [5, 5.41) is 0. The number of hydrogen-bond donors (Lipinski definition) is 0. The molecule has 0 fully saturated rings. The van der Waals surface area contributed by atoms with E-state index in [1.54, 1.807) is 13.8 Å². The van der Waals surface area contributed by atoms with Crippen molar-refractivity contribution in [2.24, 2.45) is 5.92 Å². The predicted octanol–water partition coefficient (Wildman–Crippen LogP) is 2.71. The van der Waals surface area contributed by atoms with Gasteiger partial charge in [-0.05, 0) is 26.3 Å². The Kier molecular flexibility index (Phi) is 8.19. The molecule has 0 bridgehead atoms. The van der Waals surface area contributed by atoms with E-state index in [9.17, 15) is 14.4 Å². The van der Waals surface area contributed by atoms with Crippen LogP contribution in [-0.4, -0.2) is 30.2 Å². The number of esters is 1. The van der Waals surface area contributed by atoms with Crippen LogP contribution in [0.3, 0.4) is 0 Å². The molecule has 0 aliphatic rings. The first-order valence-electron chi connectivity index (χ1n) is 7.78. The van der Waals surface area contributed by atoms with E-state index < -0.39 is 11.9 Å². The van der Waals surface area contributed by atoms with Crippen LogP contribution in [0.1, 0.15) is 39.2 Å². The Bertz CT molecular complexity index is 523. The van der Waals surface area contributed by atoms with Crippen molar-refractivity contribution < 1.29 is 23.9 Å². The summed E-state index contributed by atoms with van der Waals surface area (Å²) in [4.78, 5) is 35.2. The third-order valence-corrected chi connectivity index (χ3v) is 3.39. The maximum absolute atomic E-state index is 12.0. The standard InChI is InChI=1S/C18H24O5/c1-4-22-18(21)17(14(3)19)11-16(20)10-13(2)23-12-15-8-6-5-7-9-15/h5-9,13,17H,4,10-12H2,1-3H3/t13-,17?/m0/s1. The monoisotopic (exact) mass is 320 g/mol. The number of rotatable bonds is 10. The van der Waals surface area contributed by atoms with Gasteiger partial charge in [-0.3, -0.25) is 14.4 Å². The second kappa shape index (κ2) is 9.90. The second-order valence-corrected chi connectivity index (χ2v) is 5.47. The number of hydrogen-bond acceptors (Lipinski definition) is 5. The zero-order valence-electron chi connectivity index (χ0n) is 13.9. The van der Waals surface area contributed by atoms with Gasteiger partial charge in [-0.2, -0.15) is 0 Å². The molecule has 0 aliphatic heterocycles. The molecule has 1 rings (SSSR count). The minimum absolute atomic E-state index is 0.132. The van der Waals surface area contributed by atoms with Crippen molar-refractivity contribution in [2.75, 3.05) is 6.61 Å². The summed E-state index contributed by atoms with van der Waals surface area (Å²) in [5.41, 5.74) is 1.03. The maximum Gasteiger partial charge on any atom is 0.316 e. The number of carbonyl (C=O) groups is 3. The minimum atomic E-state index is -1.01. The fourth-order valence-corrected chi connectivity index (χ4v) is 2.14. The van der Waals surface area contributed by atoms with Crippen LogP contribution in [0.15, 0.2) is 30.3 Å². The van der Waals surface area contributed by atoms with Crippen LogP contribution < -0.4 is 0 Å². The predicted molar refractivity (Wildman–Crippen MR) is 85.7 cm³/mol. The Balaban J connectivity index is 2.44. The van der Waals surface area contributed by atoms with E-state index in [0.717, 1.165) is 5.56 Å². The largest absolute Gasteiger partial charge is 0.465 e. The van der Waals surface area contributed by atoms with Gasteiger partial charge in [0.2, 0.25) is 0 Å². The highest BCUT2D eigenvalue weighted by molar-refractivity contribution is 6.01. The highest BCUT2D eigenvalue weighted by atomic mass is 16.5. The zero-order valence-corrected chi connectivity index (χ0v) is 13.9. The van der Waals surface area contributed by atoms with Gasteiger partial charge >= 0.3 is 5.97 Å². The molecule has 1 aromatic rings. The molecule has 5 heteroatoms. The molecule has 1 unspecified atom stereocenters. The first kappa shape index (κ1) is 19.0. The normalized spacial score (nSPS) is 13.2. The molecule has 1 aromatic carbocycles. The fraction of sp³-hybridized carbons (Fsp3) is 0.500. The summed E-state index contributed by atoms with van der Waals surface area (Å²) >= 11 is 0. The molecule has 23 heavy (non-hydrogen) atoms. The van der Waals surface area contributed by atoms with E-state index in [4.69, 9.17) is 9.47 Å². The average molecular weight is 320 g/mol. The third-order valence-electron chi connectivity index (χ3n) is 3.39. The van der Waals surface area contributed by atoms with Crippen LogP contribution in [-0.2, 0) is 30.5 Å². The quantitative estimate of drug-likeness (QED) is 0.490. The Morgan fingerprint density at radius 3 is 2.30 bits per heavy atom. The van der Waals surface area contributed by atoms with Gasteiger partial charge in [-0.1, -0.05) is 30.3 Å². The molecule has 5 nitrogen and oxygen atoms in total. The summed E-state index contributed by atoms with van der Waals surface area (Å²) in [6.07, 6.45) is -0.249. The van der Waals surface area contributed by atoms with E-state index in [1.165, 1.54) is 6.92 Å². The second-order valence-electron chi connectivity index (χ2n) is 5.47. The summed E-state index contributed by atoms with van der Waals surface area (Å²) in [6, 6.07) is 9.66. The first-order valence-corrected chi connectivity index (χ1v) is 7.78. The molecule has 0 saturated carbocycles. The van der Waals surface area contributed by atoms with Crippen molar-refractivity contribution in [3.05, 3.63) is 35.9 Å². The zero-order chi connectivity index (χ0) is 17.2. The van der Waals surface area contributed by atoms with Crippen molar-refractivity contribution in [1.82, 2.24) is 0 Å². The Morgan fingerprint density at radius 2 is 1.74 bits per heavy atom. The highest BCUT2D eigenvalue weighted by Crippen LogP contribution is 2.13. The molecule has 0 radical (unpaired) electrons. The van der Waals surface area contributed by atoms with Crippen molar-refractivity contribution in [1.29, 1.82) is 0 Å². The topological polar surface area (TPSA) is 69.7 Å². The van der Waals surface area contributed by atoms with Crippen molar-refractivity contribution in [3.63, 3.8) is 0 Å². The van der Waals surface area contributed by atoms with Gasteiger partial charge in [0.25, 0.3) is 0 Å². The van der Waals surface area contributed by atoms with E-state index >= 15 is 0 Å². The molecule has 0 saturated heterocycles. The highest BCUT2D eigenvalue weighted by Gasteiger charge is 2.28. The molecule has 2 atom stereocenters. The van der Waals surface area contributed by atoms with Crippen LogP contribution in [0.25, 0.3) is 0 Å². The number of carbonyl (C=O) groups excluding carboxylic acids is 3. The Labute approximate surface area is 137 Å². The summed E-state index contributed by atoms with van der Waals surface area (Å²) < 4.78 is 10.5. The van der Waals surface area contributed by atoms with E-state index in [2.05, 4.69) is 0 Å². The molecular weight excluding hydrogens is 296 g/mol. The lowest BCUT2D eigenvalue weighted by Crippen LogP contribution is -2.28. The summed E-state index contributed by atoms with van der Waals surface area (Å²) in [5.74, 6) is -2.18. The van der Waals surface area contributed by atoms with Crippen molar-refractivity contribution >= 4 is 17.5 Å². The molecule has 126 valence electrons. The molecular formula is C18H24O5. The lowest BCUT2D eigenvalue weighted by Gasteiger charge is -2.15. The van der Waals surface area contributed by atoms with E-state index in [-0.39, 0.29) is 37.1 Å². The van der Waals surface area contributed by atoms with E-state index in [1.807, 2.05) is 30.3 Å². The molecule has 0 amide bonds. The van der Waals surface area contributed by atoms with Gasteiger partial charge in [-0.15, -0.1) is 0 Å². The Morgan fingerprint density at radius 1 is 1.09 bits per heavy atom. The SMILES string of the molecule is CCOC(=O)C(CC(=O)C[C@H](C)OCc1ccccc1)C(C)=O. The molecule has 0 aliphatic carbocycles. The van der Waals surface area contributed by atoms with Crippen LogP contribution in [0, 0.1) is 5.92 Å². The summed E-state index contributed by atoms with van der Waals surface area (Å²) in [6.45, 7) is 5.37. The number of benzene rings is 1. The molecule has 0 heterocycles. The van der Waals surface area contributed by atoms with Crippen LogP contribution in [0.2, 0.25) is 0 Å². The number of ketones is 2.